The Morgan fingerprint density at radius 2 is 2.05 bits per heavy atom. The van der Waals surface area contributed by atoms with Gasteiger partial charge in [-0.15, -0.1) is 0 Å². The van der Waals surface area contributed by atoms with Crippen molar-refractivity contribution in [2.45, 2.75) is 0 Å². The third-order valence-electron chi connectivity index (χ3n) is 3.07. The van der Waals surface area contributed by atoms with E-state index in [1.165, 1.54) is 23.5 Å². The second-order valence-corrected chi connectivity index (χ2v) is 5.87. The van der Waals surface area contributed by atoms with E-state index in [1.807, 2.05) is 35.9 Å². The molecule has 2 aromatic carbocycles. The molecule has 3 rings (SSSR count). The molecule has 6 heteroatoms. The van der Waals surface area contributed by atoms with Crippen LogP contribution in [-0.4, -0.2) is 10.5 Å². The maximum atomic E-state index is 13.0. The molecular weight excluding hydrogens is 311 g/mol. The van der Waals surface area contributed by atoms with Gasteiger partial charge in [0.25, 0.3) is 5.91 Å². The molecule has 0 N–H and O–H groups in total. The van der Waals surface area contributed by atoms with Gasteiger partial charge in [-0.1, -0.05) is 35.1 Å². The van der Waals surface area contributed by atoms with Crippen molar-refractivity contribution in [1.82, 2.24) is 4.57 Å². The number of amides is 1. The molecule has 106 valence electrons. The van der Waals surface area contributed by atoms with Gasteiger partial charge >= 0.3 is 0 Å². The van der Waals surface area contributed by atoms with Gasteiger partial charge in [-0.3, -0.25) is 4.79 Å². The SMILES string of the molecule is Cn1c(=NC(=O)c2ccc(F)cc2Cl)sc2ccccc21. The molecule has 3 aromatic rings. The fourth-order valence-electron chi connectivity index (χ4n) is 2.00. The Bertz CT molecular complexity index is 913. The zero-order valence-corrected chi connectivity index (χ0v) is 12.6. The van der Waals surface area contributed by atoms with Crippen molar-refractivity contribution in [1.29, 1.82) is 0 Å². The summed E-state index contributed by atoms with van der Waals surface area (Å²) in [6, 6.07) is 11.4. The van der Waals surface area contributed by atoms with Crippen molar-refractivity contribution in [3.8, 4) is 0 Å². The van der Waals surface area contributed by atoms with Gasteiger partial charge in [0.2, 0.25) is 0 Å². The molecule has 0 saturated heterocycles. The van der Waals surface area contributed by atoms with Crippen molar-refractivity contribution < 1.29 is 9.18 Å². The van der Waals surface area contributed by atoms with E-state index < -0.39 is 11.7 Å². The number of rotatable bonds is 1. The molecule has 0 fully saturated rings. The second kappa shape index (κ2) is 5.42. The number of aromatic nitrogens is 1. The van der Waals surface area contributed by atoms with Gasteiger partial charge in [-0.25, -0.2) is 4.39 Å². The molecule has 21 heavy (non-hydrogen) atoms. The molecule has 0 aliphatic rings. The van der Waals surface area contributed by atoms with E-state index in [2.05, 4.69) is 4.99 Å². The lowest BCUT2D eigenvalue weighted by molar-refractivity contribution is 0.0998. The number of benzene rings is 2. The molecule has 0 radical (unpaired) electrons. The van der Waals surface area contributed by atoms with Crippen LogP contribution in [0.3, 0.4) is 0 Å². The Labute approximate surface area is 128 Å². The number of para-hydroxylation sites is 1. The number of carbonyl (C=O) groups excluding carboxylic acids is 1. The highest BCUT2D eigenvalue weighted by Gasteiger charge is 2.11. The summed E-state index contributed by atoms with van der Waals surface area (Å²) in [4.78, 5) is 16.9. The van der Waals surface area contributed by atoms with Crippen molar-refractivity contribution >= 4 is 39.1 Å². The van der Waals surface area contributed by atoms with Gasteiger partial charge < -0.3 is 4.57 Å². The first kappa shape index (κ1) is 14.0. The summed E-state index contributed by atoms with van der Waals surface area (Å²) in [7, 11) is 1.84. The van der Waals surface area contributed by atoms with Crippen LogP contribution in [0.1, 0.15) is 10.4 Å². The Hall–Kier alpha value is -1.98. The van der Waals surface area contributed by atoms with Gasteiger partial charge in [0.15, 0.2) is 4.80 Å². The van der Waals surface area contributed by atoms with E-state index in [0.29, 0.717) is 4.80 Å². The summed E-state index contributed by atoms with van der Waals surface area (Å²) < 4.78 is 15.9. The molecule has 1 heterocycles. The number of aryl methyl sites for hydroxylation is 1. The molecule has 0 aliphatic carbocycles. The molecule has 3 nitrogen and oxygen atoms in total. The van der Waals surface area contributed by atoms with Crippen molar-refractivity contribution in [2.24, 2.45) is 12.0 Å². The van der Waals surface area contributed by atoms with Crippen LogP contribution in [0.4, 0.5) is 4.39 Å². The minimum absolute atomic E-state index is 0.0625. The van der Waals surface area contributed by atoms with Crippen LogP contribution in [0.25, 0.3) is 10.2 Å². The zero-order valence-electron chi connectivity index (χ0n) is 11.0. The zero-order chi connectivity index (χ0) is 15.0. The lowest BCUT2D eigenvalue weighted by atomic mass is 10.2. The van der Waals surface area contributed by atoms with E-state index in [0.717, 1.165) is 16.3 Å². The molecule has 0 spiro atoms. The summed E-state index contributed by atoms with van der Waals surface area (Å²) in [5, 5.41) is 0.0625. The van der Waals surface area contributed by atoms with Gasteiger partial charge in [0, 0.05) is 7.05 Å². The summed E-state index contributed by atoms with van der Waals surface area (Å²) in [5.41, 5.74) is 1.19. The van der Waals surface area contributed by atoms with Crippen LogP contribution in [0.2, 0.25) is 5.02 Å². The van der Waals surface area contributed by atoms with E-state index in [-0.39, 0.29) is 10.6 Å². The first-order chi connectivity index (χ1) is 10.1. The molecule has 1 aromatic heterocycles. The number of thiazole rings is 1. The minimum Gasteiger partial charge on any atom is -0.319 e. The summed E-state index contributed by atoms with van der Waals surface area (Å²) in [6.07, 6.45) is 0. The van der Waals surface area contributed by atoms with E-state index in [4.69, 9.17) is 11.6 Å². The molecule has 0 bridgehead atoms. The third kappa shape index (κ3) is 2.62. The van der Waals surface area contributed by atoms with Gasteiger partial charge in [0.05, 0.1) is 20.8 Å². The Morgan fingerprint density at radius 1 is 1.29 bits per heavy atom. The third-order valence-corrected chi connectivity index (χ3v) is 4.50. The average Bonchev–Trinajstić information content (AvgIpc) is 2.76. The highest BCUT2D eigenvalue weighted by Crippen LogP contribution is 2.19. The van der Waals surface area contributed by atoms with E-state index in [9.17, 15) is 9.18 Å². The number of hydrogen-bond donors (Lipinski definition) is 0. The monoisotopic (exact) mass is 320 g/mol. The van der Waals surface area contributed by atoms with Crippen LogP contribution in [0.15, 0.2) is 47.5 Å². The van der Waals surface area contributed by atoms with E-state index in [1.54, 1.807) is 0 Å². The number of fused-ring (bicyclic) bond motifs is 1. The lowest BCUT2D eigenvalue weighted by Gasteiger charge is -1.99. The average molecular weight is 321 g/mol. The molecule has 0 atom stereocenters. The maximum Gasteiger partial charge on any atom is 0.281 e. The van der Waals surface area contributed by atoms with Crippen LogP contribution < -0.4 is 4.80 Å². The maximum absolute atomic E-state index is 13.0. The van der Waals surface area contributed by atoms with Gasteiger partial charge in [-0.2, -0.15) is 4.99 Å². The Balaban J connectivity index is 2.11. The normalized spacial score (nSPS) is 12.0. The van der Waals surface area contributed by atoms with Crippen LogP contribution >= 0.6 is 22.9 Å². The highest BCUT2D eigenvalue weighted by atomic mass is 35.5. The number of halogens is 2. The van der Waals surface area contributed by atoms with Gasteiger partial charge in [-0.05, 0) is 30.3 Å². The molecule has 0 aliphatic heterocycles. The fraction of sp³-hybridized carbons (Fsp3) is 0.0667. The fourth-order valence-corrected chi connectivity index (χ4v) is 3.26. The summed E-state index contributed by atoms with van der Waals surface area (Å²) >= 11 is 7.30. The Kier molecular flexibility index (Phi) is 3.61. The standard InChI is InChI=1S/C15H10ClFN2OS/c1-19-12-4-2-3-5-13(12)21-15(19)18-14(20)10-7-6-9(17)8-11(10)16/h2-8H,1H3. The van der Waals surface area contributed by atoms with Crippen LogP contribution in [-0.2, 0) is 7.05 Å². The molecule has 0 unspecified atom stereocenters. The number of carbonyl (C=O) groups is 1. The summed E-state index contributed by atoms with van der Waals surface area (Å²) in [6.45, 7) is 0. The predicted molar refractivity (Wildman–Crippen MR) is 82.1 cm³/mol. The van der Waals surface area contributed by atoms with Crippen LogP contribution in [0.5, 0.6) is 0 Å². The van der Waals surface area contributed by atoms with Crippen molar-refractivity contribution in [3.63, 3.8) is 0 Å². The quantitative estimate of drug-likeness (QED) is 0.672. The van der Waals surface area contributed by atoms with Crippen molar-refractivity contribution in [2.75, 3.05) is 0 Å². The minimum atomic E-state index is -0.484. The summed E-state index contributed by atoms with van der Waals surface area (Å²) in [5.74, 6) is -0.967. The number of nitrogens with zero attached hydrogens (tertiary/aromatic N) is 2. The topological polar surface area (TPSA) is 34.4 Å². The largest absolute Gasteiger partial charge is 0.319 e. The molecule has 1 amide bonds. The van der Waals surface area contributed by atoms with Crippen LogP contribution in [0, 0.1) is 5.82 Å². The van der Waals surface area contributed by atoms with Crippen molar-refractivity contribution in [3.05, 3.63) is 63.7 Å². The first-order valence-electron chi connectivity index (χ1n) is 6.15. The molecular formula is C15H10ClFN2OS. The number of hydrogen-bond acceptors (Lipinski definition) is 2. The predicted octanol–water partition coefficient (Wildman–Crippen LogP) is 3.77. The van der Waals surface area contributed by atoms with Gasteiger partial charge in [0.1, 0.15) is 5.82 Å². The second-order valence-electron chi connectivity index (χ2n) is 4.45. The Morgan fingerprint density at radius 3 is 2.76 bits per heavy atom. The molecule has 0 saturated carbocycles. The highest BCUT2D eigenvalue weighted by molar-refractivity contribution is 7.16. The van der Waals surface area contributed by atoms with E-state index >= 15 is 0 Å². The lowest BCUT2D eigenvalue weighted by Crippen LogP contribution is -2.13. The first-order valence-corrected chi connectivity index (χ1v) is 7.34. The smallest absolute Gasteiger partial charge is 0.281 e.